The zero-order chi connectivity index (χ0) is 19.1. The summed E-state index contributed by atoms with van der Waals surface area (Å²) in [6.45, 7) is 1.45. The van der Waals surface area contributed by atoms with Crippen molar-refractivity contribution in [3.63, 3.8) is 0 Å². The molecule has 0 aliphatic heterocycles. The first-order valence-corrected chi connectivity index (χ1v) is 9.54. The molecule has 0 saturated carbocycles. The van der Waals surface area contributed by atoms with Crippen LogP contribution in [0.5, 0.6) is 0 Å². The molecule has 27 heavy (non-hydrogen) atoms. The lowest BCUT2D eigenvalue weighted by Gasteiger charge is -2.08. The summed E-state index contributed by atoms with van der Waals surface area (Å²) < 4.78 is 0. The average Bonchev–Trinajstić information content (AvgIpc) is 2.67. The monoisotopic (exact) mass is 376 g/mol. The molecule has 136 valence electrons. The van der Waals surface area contributed by atoms with Gasteiger partial charge in [-0.1, -0.05) is 36.4 Å². The van der Waals surface area contributed by atoms with Gasteiger partial charge < -0.3 is 10.6 Å². The molecule has 0 unspecified atom stereocenters. The number of benzene rings is 3. The first-order valence-electron chi connectivity index (χ1n) is 8.56. The molecular weight excluding hydrogens is 356 g/mol. The first-order chi connectivity index (χ1) is 13.1. The summed E-state index contributed by atoms with van der Waals surface area (Å²) in [5.74, 6) is 0.518. The Hall–Kier alpha value is -3.05. The Morgan fingerprint density at radius 3 is 2.15 bits per heavy atom. The minimum atomic E-state index is -0.183. The molecule has 0 spiro atoms. The van der Waals surface area contributed by atoms with E-state index in [1.807, 2.05) is 42.5 Å². The maximum absolute atomic E-state index is 12.4. The highest BCUT2D eigenvalue weighted by molar-refractivity contribution is 7.98. The lowest BCUT2D eigenvalue weighted by atomic mass is 10.1. The number of rotatable bonds is 6. The number of amides is 2. The molecule has 0 heterocycles. The minimum Gasteiger partial charge on any atom is -0.326 e. The van der Waals surface area contributed by atoms with Crippen LogP contribution >= 0.6 is 11.8 Å². The van der Waals surface area contributed by atoms with Gasteiger partial charge in [-0.05, 0) is 48.0 Å². The van der Waals surface area contributed by atoms with Gasteiger partial charge in [-0.25, -0.2) is 0 Å². The second-order valence-corrected chi connectivity index (χ2v) is 7.06. The molecular formula is C22H20N2O2S. The number of hydrogen-bond acceptors (Lipinski definition) is 3. The third-order valence-electron chi connectivity index (χ3n) is 3.81. The van der Waals surface area contributed by atoms with Crippen molar-refractivity contribution in [2.24, 2.45) is 0 Å². The van der Waals surface area contributed by atoms with Crippen LogP contribution in [0.25, 0.3) is 0 Å². The predicted molar refractivity (Wildman–Crippen MR) is 111 cm³/mol. The number of carbonyl (C=O) groups is 2. The third-order valence-corrected chi connectivity index (χ3v) is 4.89. The van der Waals surface area contributed by atoms with Crippen molar-refractivity contribution in [3.8, 4) is 0 Å². The zero-order valence-electron chi connectivity index (χ0n) is 14.9. The van der Waals surface area contributed by atoms with E-state index in [-0.39, 0.29) is 11.8 Å². The topological polar surface area (TPSA) is 58.2 Å². The Bertz CT molecular complexity index is 925. The van der Waals surface area contributed by atoms with Gasteiger partial charge in [-0.3, -0.25) is 9.59 Å². The molecule has 5 heteroatoms. The van der Waals surface area contributed by atoms with E-state index in [1.54, 1.807) is 36.0 Å². The molecule has 3 aromatic rings. The first kappa shape index (κ1) is 18.7. The molecule has 3 rings (SSSR count). The Balaban J connectivity index is 1.59. The predicted octanol–water partition coefficient (Wildman–Crippen LogP) is 5.19. The summed E-state index contributed by atoms with van der Waals surface area (Å²) in [5.41, 5.74) is 3.03. The van der Waals surface area contributed by atoms with Gasteiger partial charge in [-0.2, -0.15) is 0 Å². The molecule has 0 aliphatic carbocycles. The fraction of sp³-hybridized carbons (Fsp3) is 0.0909. The van der Waals surface area contributed by atoms with Crippen LogP contribution in [0.3, 0.4) is 0 Å². The minimum absolute atomic E-state index is 0.151. The molecule has 0 saturated heterocycles. The van der Waals surface area contributed by atoms with Crippen molar-refractivity contribution >= 4 is 35.0 Å². The van der Waals surface area contributed by atoms with Gasteiger partial charge in [-0.15, -0.1) is 11.8 Å². The highest BCUT2D eigenvalue weighted by Gasteiger charge is 2.07. The quantitative estimate of drug-likeness (QED) is 0.582. The molecule has 3 aromatic carbocycles. The molecule has 0 bridgehead atoms. The Morgan fingerprint density at radius 1 is 0.815 bits per heavy atom. The summed E-state index contributed by atoms with van der Waals surface area (Å²) in [5, 5.41) is 5.55. The smallest absolute Gasteiger partial charge is 0.255 e. The van der Waals surface area contributed by atoms with Crippen LogP contribution in [0.4, 0.5) is 11.4 Å². The standard InChI is InChI=1S/C22H20N2O2S/c1-16(25)23-19-6-5-7-20(14-19)24-22(26)18-12-10-17(11-13-18)15-27-21-8-3-2-4-9-21/h2-14H,15H2,1H3,(H,23,25)(H,24,26). The van der Waals surface area contributed by atoms with Crippen molar-refractivity contribution in [2.75, 3.05) is 10.6 Å². The molecule has 2 N–H and O–H groups in total. The fourth-order valence-corrected chi connectivity index (χ4v) is 3.39. The third kappa shape index (κ3) is 5.72. The van der Waals surface area contributed by atoms with E-state index in [2.05, 4.69) is 22.8 Å². The summed E-state index contributed by atoms with van der Waals surface area (Å²) in [7, 11) is 0. The largest absolute Gasteiger partial charge is 0.326 e. The van der Waals surface area contributed by atoms with Gasteiger partial charge in [0.15, 0.2) is 0 Å². The highest BCUT2D eigenvalue weighted by Crippen LogP contribution is 2.22. The highest BCUT2D eigenvalue weighted by atomic mass is 32.2. The van der Waals surface area contributed by atoms with E-state index in [4.69, 9.17) is 0 Å². The fourth-order valence-electron chi connectivity index (χ4n) is 2.52. The maximum atomic E-state index is 12.4. The van der Waals surface area contributed by atoms with Crippen molar-refractivity contribution in [2.45, 2.75) is 17.6 Å². The van der Waals surface area contributed by atoms with E-state index in [1.165, 1.54) is 11.8 Å². The van der Waals surface area contributed by atoms with E-state index in [0.29, 0.717) is 16.9 Å². The van der Waals surface area contributed by atoms with Gasteiger partial charge in [0.1, 0.15) is 0 Å². The SMILES string of the molecule is CC(=O)Nc1cccc(NC(=O)c2ccc(CSc3ccccc3)cc2)c1. The Morgan fingerprint density at radius 2 is 1.48 bits per heavy atom. The van der Waals surface area contributed by atoms with Crippen LogP contribution in [0.15, 0.2) is 83.8 Å². The molecule has 2 amide bonds. The summed E-state index contributed by atoms with van der Waals surface area (Å²) in [4.78, 5) is 24.8. The van der Waals surface area contributed by atoms with E-state index < -0.39 is 0 Å². The van der Waals surface area contributed by atoms with E-state index in [0.717, 1.165) is 11.3 Å². The number of carbonyl (C=O) groups excluding carboxylic acids is 2. The van der Waals surface area contributed by atoms with Gasteiger partial charge in [0, 0.05) is 34.5 Å². The van der Waals surface area contributed by atoms with Crippen molar-refractivity contribution in [3.05, 3.63) is 90.0 Å². The second-order valence-electron chi connectivity index (χ2n) is 6.01. The van der Waals surface area contributed by atoms with Crippen LogP contribution in [-0.2, 0) is 10.5 Å². The summed E-state index contributed by atoms with van der Waals surface area (Å²) >= 11 is 1.76. The molecule has 0 aromatic heterocycles. The number of thioether (sulfide) groups is 1. The number of nitrogens with one attached hydrogen (secondary N) is 2. The Kier molecular flexibility index (Phi) is 6.28. The van der Waals surface area contributed by atoms with Gasteiger partial charge in [0.05, 0.1) is 0 Å². The van der Waals surface area contributed by atoms with Crippen LogP contribution in [-0.4, -0.2) is 11.8 Å². The number of anilines is 2. The second kappa shape index (κ2) is 9.05. The van der Waals surface area contributed by atoms with E-state index in [9.17, 15) is 9.59 Å². The van der Waals surface area contributed by atoms with Crippen molar-refractivity contribution < 1.29 is 9.59 Å². The van der Waals surface area contributed by atoms with Crippen LogP contribution < -0.4 is 10.6 Å². The van der Waals surface area contributed by atoms with E-state index >= 15 is 0 Å². The maximum Gasteiger partial charge on any atom is 0.255 e. The molecule has 0 aliphatic rings. The molecule has 0 radical (unpaired) electrons. The lowest BCUT2D eigenvalue weighted by molar-refractivity contribution is -0.114. The summed E-state index contributed by atoms with van der Waals surface area (Å²) in [6.07, 6.45) is 0. The normalized spacial score (nSPS) is 10.3. The Labute approximate surface area is 163 Å². The molecule has 4 nitrogen and oxygen atoms in total. The average molecular weight is 376 g/mol. The van der Waals surface area contributed by atoms with Gasteiger partial charge in [0.2, 0.25) is 5.91 Å². The zero-order valence-corrected chi connectivity index (χ0v) is 15.8. The van der Waals surface area contributed by atoms with Crippen LogP contribution in [0.2, 0.25) is 0 Å². The van der Waals surface area contributed by atoms with Gasteiger partial charge in [0.25, 0.3) is 5.91 Å². The van der Waals surface area contributed by atoms with Crippen LogP contribution in [0.1, 0.15) is 22.8 Å². The number of hydrogen-bond donors (Lipinski definition) is 2. The molecule has 0 atom stereocenters. The van der Waals surface area contributed by atoms with Crippen molar-refractivity contribution in [1.29, 1.82) is 0 Å². The van der Waals surface area contributed by atoms with Gasteiger partial charge >= 0.3 is 0 Å². The molecule has 0 fully saturated rings. The summed E-state index contributed by atoms with van der Waals surface area (Å²) in [6, 6.07) is 24.9. The lowest BCUT2D eigenvalue weighted by Crippen LogP contribution is -2.12. The van der Waals surface area contributed by atoms with Crippen molar-refractivity contribution in [1.82, 2.24) is 0 Å². The van der Waals surface area contributed by atoms with Crippen LogP contribution in [0, 0.1) is 0 Å².